The quantitative estimate of drug-likeness (QED) is 0.279. The van der Waals surface area contributed by atoms with Crippen LogP contribution in [-0.2, 0) is 4.79 Å². The normalized spacial score (nSPS) is 19.8. The summed E-state index contributed by atoms with van der Waals surface area (Å²) in [5.41, 5.74) is 4.21. The Morgan fingerprint density at radius 2 is 2.06 bits per heavy atom. The minimum absolute atomic E-state index is 0.250. The molecular weight excluding hydrogens is 472 g/mol. The van der Waals surface area contributed by atoms with Gasteiger partial charge in [0.05, 0.1) is 17.3 Å². The average Bonchev–Trinajstić information content (AvgIpc) is 3.63. The monoisotopic (exact) mass is 494 g/mol. The second kappa shape index (κ2) is 8.46. The van der Waals surface area contributed by atoms with Crippen LogP contribution in [0.15, 0.2) is 30.9 Å². The van der Waals surface area contributed by atoms with Crippen molar-refractivity contribution in [2.75, 3.05) is 24.5 Å². The van der Waals surface area contributed by atoms with Crippen molar-refractivity contribution in [2.45, 2.75) is 24.8 Å². The largest absolute Gasteiger partial charge is 0.483 e. The Bertz CT molecular complexity index is 1420. The van der Waals surface area contributed by atoms with Crippen LogP contribution < -0.4 is 10.2 Å². The van der Waals surface area contributed by atoms with E-state index in [4.69, 9.17) is 24.9 Å². The lowest BCUT2D eigenvalue weighted by atomic mass is 9.79. The zero-order valence-corrected chi connectivity index (χ0v) is 19.7. The van der Waals surface area contributed by atoms with Crippen molar-refractivity contribution in [3.8, 4) is 21.8 Å². The lowest BCUT2D eigenvalue weighted by Gasteiger charge is -2.55. The number of pyridine rings is 1. The lowest BCUT2D eigenvalue weighted by Crippen LogP contribution is -2.66. The molecule has 174 valence electrons. The Kier molecular flexibility index (Phi) is 5.27. The number of thiazole rings is 2. The van der Waals surface area contributed by atoms with Crippen molar-refractivity contribution in [3.05, 3.63) is 30.9 Å². The van der Waals surface area contributed by atoms with E-state index >= 15 is 0 Å². The van der Waals surface area contributed by atoms with E-state index in [2.05, 4.69) is 31.5 Å². The maximum absolute atomic E-state index is 8.36. The molecule has 12 heteroatoms. The highest BCUT2D eigenvalue weighted by atomic mass is 32.1. The summed E-state index contributed by atoms with van der Waals surface area (Å²) < 4.78 is 0. The summed E-state index contributed by atoms with van der Waals surface area (Å²) in [7, 11) is 0. The van der Waals surface area contributed by atoms with E-state index in [0.717, 1.165) is 67.2 Å². The molecule has 0 saturated carbocycles. The third-order valence-corrected chi connectivity index (χ3v) is 8.68. The summed E-state index contributed by atoms with van der Waals surface area (Å²) in [6.45, 7) is 3.04. The lowest BCUT2D eigenvalue weighted by molar-refractivity contribution is -0.122. The van der Waals surface area contributed by atoms with Gasteiger partial charge in [-0.15, -0.1) is 0 Å². The van der Waals surface area contributed by atoms with E-state index < -0.39 is 0 Å². The first-order valence-corrected chi connectivity index (χ1v) is 12.6. The molecule has 34 heavy (non-hydrogen) atoms. The summed E-state index contributed by atoms with van der Waals surface area (Å²) in [5.74, 6) is 0. The number of aromatic amines is 2. The molecule has 4 N–H and O–H groups in total. The van der Waals surface area contributed by atoms with E-state index in [0.29, 0.717) is 0 Å². The Morgan fingerprint density at radius 3 is 2.76 bits per heavy atom. The van der Waals surface area contributed by atoms with Crippen molar-refractivity contribution in [1.82, 2.24) is 35.5 Å². The first kappa shape index (κ1) is 21.2. The SMILES string of the molecule is O=CO.c1cc2c(-c3cn[nH]c3)cnc(-c3nc4sc(N5CCC56CCCNC6)nc4s3)c2[nH]1. The molecule has 0 aliphatic carbocycles. The Balaban J connectivity index is 0.000000691. The molecule has 2 fully saturated rings. The Morgan fingerprint density at radius 1 is 1.18 bits per heavy atom. The fourth-order valence-corrected chi connectivity index (χ4v) is 7.10. The van der Waals surface area contributed by atoms with Crippen LogP contribution in [0.4, 0.5) is 5.13 Å². The maximum Gasteiger partial charge on any atom is 0.290 e. The number of hydrogen-bond donors (Lipinski definition) is 4. The summed E-state index contributed by atoms with van der Waals surface area (Å²) in [4.78, 5) is 30.9. The second-order valence-corrected chi connectivity index (χ2v) is 10.3. The molecule has 0 radical (unpaired) electrons. The Labute approximate surface area is 202 Å². The molecule has 7 rings (SSSR count). The highest BCUT2D eigenvalue weighted by molar-refractivity contribution is 7.29. The molecule has 0 amide bonds. The molecule has 2 aliphatic heterocycles. The van der Waals surface area contributed by atoms with Crippen LogP contribution in [0.3, 0.4) is 0 Å². The molecule has 0 aromatic carbocycles. The van der Waals surface area contributed by atoms with Gasteiger partial charge in [-0.2, -0.15) is 5.10 Å². The molecular formula is C22H22N8O2S2. The summed E-state index contributed by atoms with van der Waals surface area (Å²) >= 11 is 3.33. The predicted molar refractivity (Wildman–Crippen MR) is 133 cm³/mol. The van der Waals surface area contributed by atoms with Gasteiger partial charge in [0.15, 0.2) is 14.8 Å². The third kappa shape index (κ3) is 3.37. The second-order valence-electron chi connectivity index (χ2n) is 8.41. The topological polar surface area (TPSA) is 136 Å². The summed E-state index contributed by atoms with van der Waals surface area (Å²) in [6, 6.07) is 2.08. The first-order valence-electron chi connectivity index (χ1n) is 11.0. The number of piperidine rings is 1. The van der Waals surface area contributed by atoms with Gasteiger partial charge in [0.25, 0.3) is 6.47 Å². The van der Waals surface area contributed by atoms with E-state index in [9.17, 15) is 0 Å². The zero-order valence-electron chi connectivity index (χ0n) is 18.1. The van der Waals surface area contributed by atoms with Gasteiger partial charge >= 0.3 is 0 Å². The van der Waals surface area contributed by atoms with E-state index in [1.54, 1.807) is 22.7 Å². The molecule has 1 spiro atoms. The maximum atomic E-state index is 8.36. The van der Waals surface area contributed by atoms with Crippen molar-refractivity contribution in [2.24, 2.45) is 0 Å². The number of anilines is 1. The molecule has 7 heterocycles. The van der Waals surface area contributed by atoms with Crippen LogP contribution in [0.1, 0.15) is 19.3 Å². The minimum Gasteiger partial charge on any atom is -0.483 e. The number of hydrogen-bond acceptors (Lipinski definition) is 9. The molecule has 0 bridgehead atoms. The van der Waals surface area contributed by atoms with Gasteiger partial charge in [0, 0.05) is 48.2 Å². The van der Waals surface area contributed by atoms with Gasteiger partial charge in [-0.05, 0) is 31.9 Å². The number of H-pyrrole nitrogens is 2. The average molecular weight is 495 g/mol. The van der Waals surface area contributed by atoms with E-state index in [1.165, 1.54) is 19.3 Å². The van der Waals surface area contributed by atoms with Crippen LogP contribution in [0, 0.1) is 0 Å². The number of aromatic nitrogens is 6. The molecule has 10 nitrogen and oxygen atoms in total. The van der Waals surface area contributed by atoms with Crippen molar-refractivity contribution >= 4 is 54.8 Å². The molecule has 1 unspecified atom stereocenters. The zero-order chi connectivity index (χ0) is 23.1. The Hall–Kier alpha value is -3.35. The van der Waals surface area contributed by atoms with Crippen molar-refractivity contribution in [3.63, 3.8) is 0 Å². The van der Waals surface area contributed by atoms with Crippen molar-refractivity contribution in [1.29, 1.82) is 0 Å². The number of nitrogens with one attached hydrogen (secondary N) is 3. The van der Waals surface area contributed by atoms with Crippen LogP contribution in [0.25, 0.3) is 42.4 Å². The van der Waals surface area contributed by atoms with Crippen molar-refractivity contribution < 1.29 is 9.90 Å². The fraction of sp³-hybridized carbons (Fsp3) is 0.318. The first-order chi connectivity index (χ1) is 16.7. The highest BCUT2D eigenvalue weighted by Crippen LogP contribution is 2.45. The summed E-state index contributed by atoms with van der Waals surface area (Å²) in [6.07, 6.45) is 11.3. The molecule has 2 aliphatic rings. The van der Waals surface area contributed by atoms with E-state index in [1.807, 2.05) is 24.8 Å². The molecule has 5 aromatic rings. The van der Waals surface area contributed by atoms with Crippen LogP contribution >= 0.6 is 22.7 Å². The van der Waals surface area contributed by atoms with Crippen LogP contribution in [-0.4, -0.2) is 66.9 Å². The fourth-order valence-electron chi connectivity index (χ4n) is 4.93. The smallest absolute Gasteiger partial charge is 0.290 e. The molecule has 1 atom stereocenters. The van der Waals surface area contributed by atoms with E-state index in [-0.39, 0.29) is 12.0 Å². The predicted octanol–water partition coefficient (Wildman–Crippen LogP) is 3.72. The van der Waals surface area contributed by atoms with Gasteiger partial charge in [0.1, 0.15) is 10.7 Å². The number of fused-ring (bicyclic) bond motifs is 2. The van der Waals surface area contributed by atoms with Gasteiger partial charge in [-0.1, -0.05) is 22.7 Å². The molecule has 5 aromatic heterocycles. The standard InChI is InChI=1S/C21H20N8S2.CH2O2/c1-3-21(11-22-5-1)4-7-29(21)20-28-19-18(31-20)27-17(30-19)16-15-13(2-6-23-15)14(10-24-16)12-8-25-26-9-12;2-1-3/h2,6,8-10,22-23H,1,3-5,7,11H2,(H,25,26);1H,(H,2,3). The number of rotatable bonds is 3. The van der Waals surface area contributed by atoms with Gasteiger partial charge < -0.3 is 20.3 Å². The summed E-state index contributed by atoms with van der Waals surface area (Å²) in [5, 5.41) is 20.5. The van der Waals surface area contributed by atoms with Crippen LogP contribution in [0.2, 0.25) is 0 Å². The number of carboxylic acid groups (broad SMARTS) is 1. The molecule has 2 saturated heterocycles. The highest BCUT2D eigenvalue weighted by Gasteiger charge is 2.46. The van der Waals surface area contributed by atoms with Gasteiger partial charge in [-0.25, -0.2) is 9.97 Å². The van der Waals surface area contributed by atoms with Crippen LogP contribution in [0.5, 0.6) is 0 Å². The number of carbonyl (C=O) groups is 1. The number of nitrogens with zero attached hydrogens (tertiary/aromatic N) is 5. The minimum atomic E-state index is -0.250. The van der Waals surface area contributed by atoms with Gasteiger partial charge in [0.2, 0.25) is 0 Å². The van der Waals surface area contributed by atoms with Gasteiger partial charge in [-0.3, -0.25) is 14.9 Å². The third-order valence-electron chi connectivity index (χ3n) is 6.63.